The highest BCUT2D eigenvalue weighted by Crippen LogP contribution is 2.33. The lowest BCUT2D eigenvalue weighted by molar-refractivity contribution is -0.129. The van der Waals surface area contributed by atoms with Crippen LogP contribution in [-0.4, -0.2) is 64.0 Å². The van der Waals surface area contributed by atoms with Gasteiger partial charge in [0.25, 0.3) is 17.7 Å². The molecule has 10 heteroatoms. The van der Waals surface area contributed by atoms with Gasteiger partial charge in [0.1, 0.15) is 17.0 Å². The fourth-order valence-corrected chi connectivity index (χ4v) is 5.65. The molecule has 0 bridgehead atoms. The van der Waals surface area contributed by atoms with E-state index in [-0.39, 0.29) is 36.6 Å². The van der Waals surface area contributed by atoms with Crippen molar-refractivity contribution in [3.8, 4) is 11.3 Å². The summed E-state index contributed by atoms with van der Waals surface area (Å²) in [7, 11) is 0. The van der Waals surface area contributed by atoms with Gasteiger partial charge in [-0.15, -0.1) is 0 Å². The van der Waals surface area contributed by atoms with Gasteiger partial charge < -0.3 is 25.4 Å². The Kier molecular flexibility index (Phi) is 7.72. The van der Waals surface area contributed by atoms with Crippen molar-refractivity contribution < 1.29 is 18.9 Å². The second kappa shape index (κ2) is 11.2. The maximum Gasteiger partial charge on any atom is 0.264 e. The van der Waals surface area contributed by atoms with E-state index in [0.29, 0.717) is 27.6 Å². The first kappa shape index (κ1) is 26.9. The molecule has 2 aromatic carbocycles. The maximum atomic E-state index is 14.1. The Labute approximate surface area is 232 Å². The number of halogens is 1. The molecule has 39 heavy (non-hydrogen) atoms. The van der Waals surface area contributed by atoms with E-state index in [9.17, 15) is 14.4 Å². The summed E-state index contributed by atoms with van der Waals surface area (Å²) in [5.41, 5.74) is 8.50. The van der Waals surface area contributed by atoms with Gasteiger partial charge in [-0.25, -0.2) is 0 Å². The molecule has 1 saturated carbocycles. The number of carbonyl (C=O) groups excluding carboxylic acids is 3. The molecule has 1 atom stereocenters. The van der Waals surface area contributed by atoms with Crippen LogP contribution in [-0.2, 0) is 4.79 Å². The van der Waals surface area contributed by atoms with E-state index in [2.05, 4.69) is 10.5 Å². The number of carbonyl (C=O) groups is 3. The average molecular weight is 550 g/mol. The van der Waals surface area contributed by atoms with Crippen LogP contribution in [0.1, 0.15) is 57.7 Å². The van der Waals surface area contributed by atoms with Gasteiger partial charge >= 0.3 is 0 Å². The molecule has 3 N–H and O–H groups in total. The summed E-state index contributed by atoms with van der Waals surface area (Å²) in [5, 5.41) is 7.63. The number of nitrogens with zero attached hydrogens (tertiary/aromatic N) is 3. The van der Waals surface area contributed by atoms with Gasteiger partial charge in [0.05, 0.1) is 5.02 Å². The van der Waals surface area contributed by atoms with E-state index in [4.69, 9.17) is 21.9 Å². The largest absolute Gasteiger partial charge is 0.360 e. The van der Waals surface area contributed by atoms with Crippen LogP contribution in [0, 0.1) is 13.8 Å². The highest BCUT2D eigenvalue weighted by molar-refractivity contribution is 6.33. The van der Waals surface area contributed by atoms with Crippen LogP contribution >= 0.6 is 11.6 Å². The Bertz CT molecular complexity index is 1400. The van der Waals surface area contributed by atoms with Crippen molar-refractivity contribution in [3.05, 3.63) is 76.0 Å². The molecule has 2 aliphatic rings. The van der Waals surface area contributed by atoms with E-state index >= 15 is 0 Å². The minimum atomic E-state index is -1.13. The highest BCUT2D eigenvalue weighted by Gasteiger charge is 2.45. The van der Waals surface area contributed by atoms with Crippen molar-refractivity contribution in [3.63, 3.8) is 0 Å². The Morgan fingerprint density at radius 2 is 1.67 bits per heavy atom. The predicted octanol–water partition coefficient (Wildman–Crippen LogP) is 3.92. The van der Waals surface area contributed by atoms with Crippen LogP contribution in [0.15, 0.2) is 53.1 Å². The summed E-state index contributed by atoms with van der Waals surface area (Å²) < 4.78 is 5.42. The normalized spacial score (nSPS) is 21.2. The Hall–Kier alpha value is -3.69. The minimum absolute atomic E-state index is 0.0678. The lowest BCUT2D eigenvalue weighted by atomic mass is 9.92. The van der Waals surface area contributed by atoms with E-state index < -0.39 is 18.0 Å². The molecule has 1 aliphatic heterocycles. The second-order valence-corrected chi connectivity index (χ2v) is 10.7. The molecule has 9 nitrogen and oxygen atoms in total. The van der Waals surface area contributed by atoms with Gasteiger partial charge in [-0.05, 0) is 57.7 Å². The summed E-state index contributed by atoms with van der Waals surface area (Å²) in [6, 6.07) is 14.3. The number of nitrogens with two attached hydrogens (primary N) is 1. The third-order valence-corrected chi connectivity index (χ3v) is 7.85. The van der Waals surface area contributed by atoms with Gasteiger partial charge in [0.2, 0.25) is 0 Å². The number of rotatable bonds is 5. The molecule has 1 aromatic heterocycles. The SMILES string of the molecule is Cc1cccc(C(=O)N2CCN(C(=O)c3c(-c4ccccc4Cl)noc3C)C2C(=O)NC2CCC(N)CC2)c1. The van der Waals surface area contributed by atoms with E-state index in [1.54, 1.807) is 49.4 Å². The molecule has 1 unspecified atom stereocenters. The summed E-state index contributed by atoms with van der Waals surface area (Å²) in [4.78, 5) is 44.4. The van der Waals surface area contributed by atoms with Crippen LogP contribution in [0.25, 0.3) is 11.3 Å². The highest BCUT2D eigenvalue weighted by atomic mass is 35.5. The third kappa shape index (κ3) is 5.42. The van der Waals surface area contributed by atoms with E-state index in [1.165, 1.54) is 9.80 Å². The number of benzene rings is 2. The number of amides is 3. The quantitative estimate of drug-likeness (QED) is 0.497. The molecule has 0 radical (unpaired) electrons. The van der Waals surface area contributed by atoms with Crippen molar-refractivity contribution in [1.82, 2.24) is 20.3 Å². The summed E-state index contributed by atoms with van der Waals surface area (Å²) >= 11 is 6.41. The minimum Gasteiger partial charge on any atom is -0.360 e. The Morgan fingerprint density at radius 3 is 2.36 bits per heavy atom. The van der Waals surface area contributed by atoms with Gasteiger partial charge in [-0.2, -0.15) is 0 Å². The predicted molar refractivity (Wildman–Crippen MR) is 147 cm³/mol. The first-order chi connectivity index (χ1) is 18.7. The molecule has 3 amide bonds. The fourth-order valence-electron chi connectivity index (χ4n) is 5.42. The number of aryl methyl sites for hydroxylation is 2. The van der Waals surface area contributed by atoms with Crippen LogP contribution in [0.4, 0.5) is 0 Å². The summed E-state index contributed by atoms with van der Waals surface area (Å²) in [6.45, 7) is 3.93. The molecule has 0 spiro atoms. The number of nitrogens with one attached hydrogen (secondary N) is 1. The molecule has 204 valence electrons. The van der Waals surface area contributed by atoms with Crippen LogP contribution in [0.3, 0.4) is 0 Å². The Morgan fingerprint density at radius 1 is 0.974 bits per heavy atom. The second-order valence-electron chi connectivity index (χ2n) is 10.3. The lowest BCUT2D eigenvalue weighted by Gasteiger charge is -2.32. The summed E-state index contributed by atoms with van der Waals surface area (Å²) in [5.74, 6) is -0.850. The number of hydrogen-bond donors (Lipinski definition) is 2. The van der Waals surface area contributed by atoms with Gasteiger partial charge in [-0.1, -0.05) is 52.7 Å². The van der Waals surface area contributed by atoms with E-state index in [0.717, 1.165) is 31.2 Å². The maximum absolute atomic E-state index is 14.1. The Balaban J connectivity index is 1.49. The van der Waals surface area contributed by atoms with Crippen molar-refractivity contribution in [2.24, 2.45) is 5.73 Å². The first-order valence-electron chi connectivity index (χ1n) is 13.2. The van der Waals surface area contributed by atoms with Crippen molar-refractivity contribution in [1.29, 1.82) is 0 Å². The zero-order valence-corrected chi connectivity index (χ0v) is 22.8. The standard InChI is InChI=1S/C29H32ClN5O4/c1-17-6-5-7-19(16-17)28(37)34-14-15-35(27(34)26(36)32-21-12-10-20(31)11-13-21)29(38)24-18(2)39-33-25(24)22-8-3-4-9-23(22)30/h3-9,16,20-21,27H,10-15,31H2,1-2H3,(H,32,36). The first-order valence-corrected chi connectivity index (χ1v) is 13.6. The van der Waals surface area contributed by atoms with Crippen LogP contribution < -0.4 is 11.1 Å². The molecule has 5 rings (SSSR count). The number of hydrogen-bond acceptors (Lipinski definition) is 6. The van der Waals surface area contributed by atoms with Gasteiger partial charge in [0, 0.05) is 36.3 Å². The molecule has 3 aromatic rings. The molecule has 1 aliphatic carbocycles. The van der Waals surface area contributed by atoms with Crippen molar-refractivity contribution in [2.75, 3.05) is 13.1 Å². The third-order valence-electron chi connectivity index (χ3n) is 7.52. The van der Waals surface area contributed by atoms with Crippen molar-refractivity contribution in [2.45, 2.75) is 57.8 Å². The molecule has 2 heterocycles. The average Bonchev–Trinajstić information content (AvgIpc) is 3.54. The van der Waals surface area contributed by atoms with Crippen molar-refractivity contribution >= 4 is 29.3 Å². The number of aromatic nitrogens is 1. The monoisotopic (exact) mass is 549 g/mol. The van der Waals surface area contributed by atoms with Crippen LogP contribution in [0.5, 0.6) is 0 Å². The summed E-state index contributed by atoms with van der Waals surface area (Å²) in [6.07, 6.45) is 1.99. The lowest BCUT2D eigenvalue weighted by Crippen LogP contribution is -2.56. The fraction of sp³-hybridized carbons (Fsp3) is 0.379. The molecule has 1 saturated heterocycles. The topological polar surface area (TPSA) is 122 Å². The van der Waals surface area contributed by atoms with E-state index in [1.807, 2.05) is 13.0 Å². The smallest absolute Gasteiger partial charge is 0.264 e. The van der Waals surface area contributed by atoms with Crippen LogP contribution in [0.2, 0.25) is 5.02 Å². The molecule has 2 fully saturated rings. The zero-order chi connectivity index (χ0) is 27.7. The van der Waals surface area contributed by atoms with Gasteiger partial charge in [0.15, 0.2) is 6.17 Å². The molecular formula is C29H32ClN5O4. The zero-order valence-electron chi connectivity index (χ0n) is 22.0. The molecular weight excluding hydrogens is 518 g/mol. The van der Waals surface area contributed by atoms with Gasteiger partial charge in [-0.3, -0.25) is 14.4 Å².